The molecular weight excluding hydrogens is 308 g/mol. The van der Waals surface area contributed by atoms with Gasteiger partial charge < -0.3 is 10.3 Å². The summed E-state index contributed by atoms with van der Waals surface area (Å²) in [6.07, 6.45) is 1.16. The fourth-order valence-corrected chi connectivity index (χ4v) is 5.52. The lowest BCUT2D eigenvalue weighted by atomic mass is 10.1. The Morgan fingerprint density at radius 3 is 3.05 bits per heavy atom. The Hall–Kier alpha value is -1.24. The van der Waals surface area contributed by atoms with Crippen LogP contribution in [0.15, 0.2) is 28.1 Å². The number of hydrogen-bond donors (Lipinski definition) is 1. The van der Waals surface area contributed by atoms with Crippen LogP contribution in [-0.2, 0) is 12.2 Å². The summed E-state index contributed by atoms with van der Waals surface area (Å²) in [5.41, 5.74) is 8.37. The second kappa shape index (κ2) is 4.95. The minimum absolute atomic E-state index is 0.475. The van der Waals surface area contributed by atoms with Gasteiger partial charge in [0.2, 0.25) is 0 Å². The second-order valence-electron chi connectivity index (χ2n) is 4.61. The van der Waals surface area contributed by atoms with Crippen molar-refractivity contribution >= 4 is 40.3 Å². The molecule has 0 saturated heterocycles. The average molecular weight is 320 g/mol. The van der Waals surface area contributed by atoms with Crippen LogP contribution in [-0.4, -0.2) is 10.9 Å². The van der Waals surface area contributed by atoms with E-state index in [1.54, 1.807) is 11.3 Å². The van der Waals surface area contributed by atoms with E-state index in [9.17, 15) is 0 Å². The largest absolute Gasteiger partial charge is 0.380 e. The highest BCUT2D eigenvalue weighted by atomic mass is 32.2. The van der Waals surface area contributed by atoms with Gasteiger partial charge in [-0.15, -0.1) is 22.7 Å². The Morgan fingerprint density at radius 1 is 1.30 bits per heavy atom. The predicted octanol–water partition coefficient (Wildman–Crippen LogP) is 4.50. The number of rotatable bonds is 2. The average Bonchev–Trinajstić information content (AvgIpc) is 3.16. The molecule has 20 heavy (non-hydrogen) atoms. The molecular formula is C14H12N2OS3. The molecule has 3 aromatic rings. The van der Waals surface area contributed by atoms with Crippen LogP contribution in [0.4, 0.5) is 5.82 Å². The van der Waals surface area contributed by atoms with Crippen LogP contribution >= 0.6 is 34.4 Å². The van der Waals surface area contributed by atoms with Crippen LogP contribution in [0, 0.1) is 0 Å². The quantitative estimate of drug-likeness (QED) is 0.755. The van der Waals surface area contributed by atoms with E-state index in [4.69, 9.17) is 10.3 Å². The smallest absolute Gasteiger partial charge is 0.187 e. The molecule has 0 radical (unpaired) electrons. The number of aromatic nitrogens is 1. The molecule has 6 heteroatoms. The van der Waals surface area contributed by atoms with Crippen LogP contribution in [0.25, 0.3) is 21.1 Å². The molecule has 1 aliphatic rings. The molecule has 102 valence electrons. The van der Waals surface area contributed by atoms with E-state index >= 15 is 0 Å². The molecule has 0 spiro atoms. The van der Waals surface area contributed by atoms with Crippen molar-refractivity contribution in [2.45, 2.75) is 12.2 Å². The normalized spacial score (nSPS) is 14.4. The van der Waals surface area contributed by atoms with Crippen molar-refractivity contribution in [3.05, 3.63) is 34.0 Å². The summed E-state index contributed by atoms with van der Waals surface area (Å²) >= 11 is 5.47. The van der Waals surface area contributed by atoms with Gasteiger partial charge in [0.05, 0.1) is 10.4 Å². The van der Waals surface area contributed by atoms with Crippen molar-refractivity contribution < 1.29 is 4.52 Å². The van der Waals surface area contributed by atoms with Crippen LogP contribution in [0.5, 0.6) is 0 Å². The number of nitrogen functional groups attached to an aromatic ring is 1. The summed E-state index contributed by atoms with van der Waals surface area (Å²) in [7, 11) is 0. The first kappa shape index (κ1) is 12.5. The number of thiophene rings is 2. The molecule has 3 nitrogen and oxygen atoms in total. The maximum atomic E-state index is 5.99. The van der Waals surface area contributed by atoms with E-state index in [2.05, 4.69) is 17.3 Å². The molecule has 0 bridgehead atoms. The van der Waals surface area contributed by atoms with E-state index in [0.29, 0.717) is 5.82 Å². The lowest BCUT2D eigenvalue weighted by molar-refractivity contribution is 0.437. The van der Waals surface area contributed by atoms with Crippen molar-refractivity contribution in [1.82, 2.24) is 5.16 Å². The van der Waals surface area contributed by atoms with Gasteiger partial charge in [0.1, 0.15) is 0 Å². The van der Waals surface area contributed by atoms with Crippen LogP contribution in [0.3, 0.4) is 0 Å². The van der Waals surface area contributed by atoms with E-state index < -0.39 is 0 Å². The lowest BCUT2D eigenvalue weighted by Gasteiger charge is -2.08. The molecule has 4 heterocycles. The number of thioether (sulfide) groups is 1. The van der Waals surface area contributed by atoms with Gasteiger partial charge in [-0.3, -0.25) is 0 Å². The monoisotopic (exact) mass is 320 g/mol. The zero-order valence-electron chi connectivity index (χ0n) is 10.6. The molecule has 0 saturated carbocycles. The number of hydrogen-bond acceptors (Lipinski definition) is 6. The number of aryl methyl sites for hydroxylation is 1. The van der Waals surface area contributed by atoms with Gasteiger partial charge in [-0.05, 0) is 35.2 Å². The van der Waals surface area contributed by atoms with E-state index in [-0.39, 0.29) is 0 Å². The molecule has 0 fully saturated rings. The molecule has 4 rings (SSSR count). The predicted molar refractivity (Wildman–Crippen MR) is 87.4 cm³/mol. The summed E-state index contributed by atoms with van der Waals surface area (Å²) in [5, 5.41) is 6.01. The summed E-state index contributed by atoms with van der Waals surface area (Å²) in [6.45, 7) is 0. The van der Waals surface area contributed by atoms with Gasteiger partial charge >= 0.3 is 0 Å². The zero-order chi connectivity index (χ0) is 13.5. The fourth-order valence-electron chi connectivity index (χ4n) is 2.39. The summed E-state index contributed by atoms with van der Waals surface area (Å²) < 4.78 is 5.52. The second-order valence-corrected chi connectivity index (χ2v) is 7.80. The van der Waals surface area contributed by atoms with Crippen molar-refractivity contribution in [2.24, 2.45) is 0 Å². The van der Waals surface area contributed by atoms with Crippen molar-refractivity contribution in [2.75, 3.05) is 11.5 Å². The SMILES string of the molecule is Nc1noc(-c2cc3c(s2)CCSC3)c1-c1cccs1. The summed E-state index contributed by atoms with van der Waals surface area (Å²) in [6, 6.07) is 6.32. The molecule has 0 aromatic carbocycles. The minimum atomic E-state index is 0.475. The van der Waals surface area contributed by atoms with Crippen molar-refractivity contribution in [1.29, 1.82) is 0 Å². The van der Waals surface area contributed by atoms with Crippen molar-refractivity contribution in [3.8, 4) is 21.1 Å². The maximum absolute atomic E-state index is 5.99. The van der Waals surface area contributed by atoms with E-state index in [0.717, 1.165) is 33.3 Å². The van der Waals surface area contributed by atoms with Gasteiger partial charge in [0, 0.05) is 15.5 Å². The molecule has 0 amide bonds. The molecule has 0 aliphatic carbocycles. The van der Waals surface area contributed by atoms with Gasteiger partial charge in [-0.2, -0.15) is 11.8 Å². The van der Waals surface area contributed by atoms with Gasteiger partial charge in [-0.25, -0.2) is 0 Å². The number of fused-ring (bicyclic) bond motifs is 1. The minimum Gasteiger partial charge on any atom is -0.380 e. The summed E-state index contributed by atoms with van der Waals surface area (Å²) in [5.74, 6) is 3.60. The zero-order valence-corrected chi connectivity index (χ0v) is 13.0. The third-order valence-corrected chi connectivity index (χ3v) is 6.47. The third kappa shape index (κ3) is 1.99. The molecule has 0 unspecified atom stereocenters. The highest BCUT2D eigenvalue weighted by molar-refractivity contribution is 7.98. The fraction of sp³-hybridized carbons (Fsp3) is 0.214. The number of nitrogens with two attached hydrogens (primary N) is 1. The van der Waals surface area contributed by atoms with E-state index in [1.807, 2.05) is 34.5 Å². The van der Waals surface area contributed by atoms with Crippen LogP contribution in [0.1, 0.15) is 10.4 Å². The first-order valence-corrected chi connectivity index (χ1v) is 9.17. The standard InChI is InChI=1S/C14H12N2OS3/c15-14-12(10-2-1-4-19-10)13(17-16-14)11-6-8-7-18-5-3-9(8)20-11/h1-2,4,6H,3,5,7H2,(H2,15,16). The molecule has 1 aliphatic heterocycles. The first-order valence-electron chi connectivity index (χ1n) is 6.31. The highest BCUT2D eigenvalue weighted by Gasteiger charge is 2.22. The summed E-state index contributed by atoms with van der Waals surface area (Å²) in [4.78, 5) is 3.73. The topological polar surface area (TPSA) is 52.0 Å². The van der Waals surface area contributed by atoms with E-state index in [1.165, 1.54) is 16.2 Å². The molecule has 3 aromatic heterocycles. The van der Waals surface area contributed by atoms with Gasteiger partial charge in [0.25, 0.3) is 0 Å². The molecule has 0 atom stereocenters. The Balaban J connectivity index is 1.85. The van der Waals surface area contributed by atoms with Crippen LogP contribution in [0.2, 0.25) is 0 Å². The Kier molecular flexibility index (Phi) is 3.09. The van der Waals surface area contributed by atoms with Crippen LogP contribution < -0.4 is 5.73 Å². The first-order chi connectivity index (χ1) is 9.83. The highest BCUT2D eigenvalue weighted by Crippen LogP contribution is 2.43. The van der Waals surface area contributed by atoms with Gasteiger partial charge in [-0.1, -0.05) is 11.2 Å². The molecule has 2 N–H and O–H groups in total. The Bertz CT molecular complexity index is 719. The third-order valence-electron chi connectivity index (χ3n) is 3.34. The Labute approximate surface area is 128 Å². The number of nitrogens with zero attached hydrogens (tertiary/aromatic N) is 1. The lowest BCUT2D eigenvalue weighted by Crippen LogP contribution is -1.96. The van der Waals surface area contributed by atoms with Gasteiger partial charge in [0.15, 0.2) is 11.6 Å². The number of anilines is 1. The Morgan fingerprint density at radius 2 is 2.25 bits per heavy atom. The van der Waals surface area contributed by atoms with Crippen molar-refractivity contribution in [3.63, 3.8) is 0 Å². The maximum Gasteiger partial charge on any atom is 0.187 e.